The number of para-hydroxylation sites is 1. The third kappa shape index (κ3) is 2.78. The number of carbonyl (C=O) groups excluding carboxylic acids is 1. The number of hydrogen-bond acceptors (Lipinski definition) is 3. The summed E-state index contributed by atoms with van der Waals surface area (Å²) in [5, 5.41) is 9.05. The lowest BCUT2D eigenvalue weighted by atomic mass is 9.98. The molecule has 0 aliphatic carbocycles. The lowest BCUT2D eigenvalue weighted by Crippen LogP contribution is -2.48. The minimum Gasteiger partial charge on any atom is -0.481 e. The normalized spacial score (nSPS) is 20.0. The van der Waals surface area contributed by atoms with Crippen LogP contribution in [0.4, 0.5) is 5.69 Å². The lowest BCUT2D eigenvalue weighted by Gasteiger charge is -2.31. The maximum atomic E-state index is 12.8. The zero-order valence-electron chi connectivity index (χ0n) is 12.6. The highest BCUT2D eigenvalue weighted by molar-refractivity contribution is 6.01. The summed E-state index contributed by atoms with van der Waals surface area (Å²) in [6.07, 6.45) is 0.585. The van der Waals surface area contributed by atoms with Gasteiger partial charge in [-0.15, -0.1) is 0 Å². The molecule has 1 N–H and O–H groups in total. The minimum absolute atomic E-state index is 0.0244. The Hall–Kier alpha value is -1.88. The number of aliphatic carboxylic acids is 1. The summed E-state index contributed by atoms with van der Waals surface area (Å²) < 4.78 is 5.39. The lowest BCUT2D eigenvalue weighted by molar-refractivity contribution is -0.139. The molecule has 1 aliphatic heterocycles. The molecule has 0 radical (unpaired) electrons. The van der Waals surface area contributed by atoms with E-state index < -0.39 is 11.6 Å². The molecule has 21 heavy (non-hydrogen) atoms. The SMILES string of the molecule is CCC(C)(OC)C(=O)N1CC(CC(=O)O)c2ccccc21. The molecule has 0 fully saturated rings. The van der Waals surface area contributed by atoms with Crippen LogP contribution in [-0.4, -0.2) is 36.2 Å². The summed E-state index contributed by atoms with van der Waals surface area (Å²) in [6.45, 7) is 4.06. The first-order chi connectivity index (χ1) is 9.92. The molecule has 0 saturated heterocycles. The molecule has 1 aromatic carbocycles. The summed E-state index contributed by atoms with van der Waals surface area (Å²) in [6, 6.07) is 7.49. The fourth-order valence-electron chi connectivity index (χ4n) is 2.74. The van der Waals surface area contributed by atoms with Gasteiger partial charge >= 0.3 is 5.97 Å². The monoisotopic (exact) mass is 291 g/mol. The number of carboxylic acid groups (broad SMARTS) is 1. The molecule has 2 atom stereocenters. The third-order valence-electron chi connectivity index (χ3n) is 4.31. The number of amides is 1. The Balaban J connectivity index is 2.35. The summed E-state index contributed by atoms with van der Waals surface area (Å²) in [7, 11) is 1.53. The van der Waals surface area contributed by atoms with E-state index in [1.807, 2.05) is 31.2 Å². The topological polar surface area (TPSA) is 66.8 Å². The Morgan fingerprint density at radius 2 is 2.10 bits per heavy atom. The molecule has 1 aromatic rings. The van der Waals surface area contributed by atoms with E-state index in [4.69, 9.17) is 9.84 Å². The average molecular weight is 291 g/mol. The first kappa shape index (κ1) is 15.5. The maximum Gasteiger partial charge on any atom is 0.304 e. The number of carboxylic acids is 1. The highest BCUT2D eigenvalue weighted by Gasteiger charge is 2.41. The number of benzene rings is 1. The first-order valence-electron chi connectivity index (χ1n) is 7.10. The van der Waals surface area contributed by atoms with Crippen molar-refractivity contribution in [3.63, 3.8) is 0 Å². The molecule has 0 spiro atoms. The van der Waals surface area contributed by atoms with Crippen LogP contribution in [0.1, 0.15) is 38.2 Å². The maximum absolute atomic E-state index is 12.8. The van der Waals surface area contributed by atoms with Gasteiger partial charge in [0, 0.05) is 25.3 Å². The molecule has 1 amide bonds. The van der Waals surface area contributed by atoms with Crippen LogP contribution in [0.5, 0.6) is 0 Å². The van der Waals surface area contributed by atoms with Gasteiger partial charge in [-0.2, -0.15) is 0 Å². The highest BCUT2D eigenvalue weighted by atomic mass is 16.5. The predicted molar refractivity (Wildman–Crippen MR) is 79.5 cm³/mol. The van der Waals surface area contributed by atoms with Crippen molar-refractivity contribution in [2.45, 2.75) is 38.2 Å². The fourth-order valence-corrected chi connectivity index (χ4v) is 2.74. The van der Waals surface area contributed by atoms with Gasteiger partial charge in [0.2, 0.25) is 0 Å². The number of fused-ring (bicyclic) bond motifs is 1. The van der Waals surface area contributed by atoms with E-state index >= 15 is 0 Å². The quantitative estimate of drug-likeness (QED) is 0.904. The van der Waals surface area contributed by atoms with Gasteiger partial charge in [-0.05, 0) is 25.0 Å². The molecule has 0 saturated carbocycles. The number of hydrogen-bond donors (Lipinski definition) is 1. The van der Waals surface area contributed by atoms with Gasteiger partial charge in [0.15, 0.2) is 0 Å². The van der Waals surface area contributed by atoms with Crippen LogP contribution in [0.2, 0.25) is 0 Å². The van der Waals surface area contributed by atoms with Crippen molar-refractivity contribution in [3.05, 3.63) is 29.8 Å². The van der Waals surface area contributed by atoms with E-state index in [-0.39, 0.29) is 18.2 Å². The Bertz CT molecular complexity index is 551. The second-order valence-corrected chi connectivity index (χ2v) is 5.56. The molecular weight excluding hydrogens is 270 g/mol. The summed E-state index contributed by atoms with van der Waals surface area (Å²) >= 11 is 0. The van der Waals surface area contributed by atoms with Gasteiger partial charge in [0.05, 0.1) is 6.42 Å². The fraction of sp³-hybridized carbons (Fsp3) is 0.500. The molecule has 2 rings (SSSR count). The number of nitrogens with zero attached hydrogens (tertiary/aromatic N) is 1. The standard InChI is InChI=1S/C16H21NO4/c1-4-16(2,21-3)15(20)17-10-11(9-14(18)19)12-7-5-6-8-13(12)17/h5-8,11H,4,9-10H2,1-3H3,(H,18,19). The molecule has 1 heterocycles. The summed E-state index contributed by atoms with van der Waals surface area (Å²) in [5.74, 6) is -1.14. The summed E-state index contributed by atoms with van der Waals surface area (Å²) in [5.41, 5.74) is 0.832. The van der Waals surface area contributed by atoms with Crippen LogP contribution in [-0.2, 0) is 14.3 Å². The molecular formula is C16H21NO4. The molecule has 114 valence electrons. The second kappa shape index (κ2) is 5.85. The number of ether oxygens (including phenoxy) is 1. The molecule has 5 heteroatoms. The Morgan fingerprint density at radius 3 is 2.67 bits per heavy atom. The van der Waals surface area contributed by atoms with Crippen LogP contribution in [0.3, 0.4) is 0 Å². The average Bonchev–Trinajstić information content (AvgIpc) is 2.84. The van der Waals surface area contributed by atoms with Gasteiger partial charge in [0.1, 0.15) is 5.60 Å². The minimum atomic E-state index is -0.884. The van der Waals surface area contributed by atoms with Gasteiger partial charge in [0.25, 0.3) is 5.91 Å². The number of methoxy groups -OCH3 is 1. The molecule has 0 aromatic heterocycles. The van der Waals surface area contributed by atoms with E-state index in [9.17, 15) is 9.59 Å². The zero-order valence-corrected chi connectivity index (χ0v) is 12.6. The summed E-state index contributed by atoms with van der Waals surface area (Å²) in [4.78, 5) is 25.5. The van der Waals surface area contributed by atoms with Gasteiger partial charge in [-0.25, -0.2) is 0 Å². The first-order valence-corrected chi connectivity index (χ1v) is 7.10. The van der Waals surface area contributed by atoms with Crippen molar-refractivity contribution in [1.82, 2.24) is 0 Å². The van der Waals surface area contributed by atoms with E-state index in [2.05, 4.69) is 0 Å². The van der Waals surface area contributed by atoms with Crippen molar-refractivity contribution in [2.24, 2.45) is 0 Å². The van der Waals surface area contributed by atoms with Gasteiger partial charge in [-0.1, -0.05) is 25.1 Å². The number of anilines is 1. The second-order valence-electron chi connectivity index (χ2n) is 5.56. The van der Waals surface area contributed by atoms with Crippen LogP contribution in [0, 0.1) is 0 Å². The van der Waals surface area contributed by atoms with Crippen LogP contribution in [0.25, 0.3) is 0 Å². The number of carbonyl (C=O) groups is 2. The Labute approximate surface area is 124 Å². The van der Waals surface area contributed by atoms with Gasteiger partial charge in [-0.3, -0.25) is 9.59 Å². The van der Waals surface area contributed by atoms with Crippen molar-refractivity contribution in [1.29, 1.82) is 0 Å². The number of rotatable bonds is 5. The van der Waals surface area contributed by atoms with Crippen molar-refractivity contribution in [3.8, 4) is 0 Å². The molecule has 0 bridgehead atoms. The van der Waals surface area contributed by atoms with Crippen LogP contribution < -0.4 is 4.90 Å². The van der Waals surface area contributed by atoms with E-state index in [1.165, 1.54) is 7.11 Å². The van der Waals surface area contributed by atoms with Crippen molar-refractivity contribution >= 4 is 17.6 Å². The molecule has 2 unspecified atom stereocenters. The van der Waals surface area contributed by atoms with E-state index in [0.717, 1.165) is 11.3 Å². The largest absolute Gasteiger partial charge is 0.481 e. The van der Waals surface area contributed by atoms with E-state index in [0.29, 0.717) is 13.0 Å². The van der Waals surface area contributed by atoms with E-state index in [1.54, 1.807) is 11.8 Å². The Kier molecular flexibility index (Phi) is 4.32. The highest BCUT2D eigenvalue weighted by Crippen LogP contribution is 2.39. The van der Waals surface area contributed by atoms with Crippen LogP contribution >= 0.6 is 0 Å². The molecule has 1 aliphatic rings. The third-order valence-corrected chi connectivity index (χ3v) is 4.31. The predicted octanol–water partition coefficient (Wildman–Crippen LogP) is 2.41. The van der Waals surface area contributed by atoms with Crippen molar-refractivity contribution in [2.75, 3.05) is 18.6 Å². The van der Waals surface area contributed by atoms with Crippen molar-refractivity contribution < 1.29 is 19.4 Å². The van der Waals surface area contributed by atoms with Crippen LogP contribution in [0.15, 0.2) is 24.3 Å². The smallest absolute Gasteiger partial charge is 0.304 e. The zero-order chi connectivity index (χ0) is 15.6. The van der Waals surface area contributed by atoms with Gasteiger partial charge < -0.3 is 14.7 Å². The molecule has 5 nitrogen and oxygen atoms in total. The Morgan fingerprint density at radius 1 is 1.43 bits per heavy atom.